The van der Waals surface area contributed by atoms with E-state index in [9.17, 15) is 26.8 Å². The Morgan fingerprint density at radius 1 is 1.18 bits per heavy atom. The van der Waals surface area contributed by atoms with E-state index in [4.69, 9.17) is 0 Å². The van der Waals surface area contributed by atoms with Crippen LogP contribution in [0.15, 0.2) is 46.7 Å². The molecule has 0 saturated heterocycles. The van der Waals surface area contributed by atoms with Crippen LogP contribution in [0.5, 0.6) is 0 Å². The van der Waals surface area contributed by atoms with E-state index in [-0.39, 0.29) is 15.5 Å². The van der Waals surface area contributed by atoms with Crippen molar-refractivity contribution in [2.75, 3.05) is 12.4 Å². The van der Waals surface area contributed by atoms with Crippen molar-refractivity contribution < 1.29 is 26.8 Å². The van der Waals surface area contributed by atoms with E-state index in [1.54, 1.807) is 24.3 Å². The zero-order chi connectivity index (χ0) is 20.2. The molecule has 0 bridgehead atoms. The number of hydrogen-bond acceptors (Lipinski definition) is 5. The van der Waals surface area contributed by atoms with Gasteiger partial charge in [-0.1, -0.05) is 18.2 Å². The maximum absolute atomic E-state index is 13.9. The third kappa shape index (κ3) is 2.68. The lowest BCUT2D eigenvalue weighted by Gasteiger charge is -2.28. The number of amides is 2. The molecule has 144 valence electrons. The lowest BCUT2D eigenvalue weighted by Crippen LogP contribution is -2.45. The van der Waals surface area contributed by atoms with E-state index in [1.807, 2.05) is 0 Å². The molecule has 2 heterocycles. The summed E-state index contributed by atoms with van der Waals surface area (Å²) in [5.41, 5.74) is -0.236. The summed E-state index contributed by atoms with van der Waals surface area (Å²) in [7, 11) is -3.01. The van der Waals surface area contributed by atoms with Crippen molar-refractivity contribution in [3.8, 4) is 0 Å². The van der Waals surface area contributed by atoms with Crippen molar-refractivity contribution in [3.63, 3.8) is 0 Å². The fourth-order valence-electron chi connectivity index (χ4n) is 3.10. The number of sulfonamides is 1. The highest BCUT2D eigenvalue weighted by molar-refractivity contribution is 7.92. The zero-order valence-corrected chi connectivity index (χ0v) is 15.9. The molecular formula is C18H12F2N2O4S2. The SMILES string of the molecule is CN1C(=O)C(C(=O)Nc2ccc(F)cc2F)c2c(sc3ccccc23)S1(=O)=O. The minimum absolute atomic E-state index is 0.0729. The third-order valence-electron chi connectivity index (χ3n) is 4.49. The summed E-state index contributed by atoms with van der Waals surface area (Å²) < 4.78 is 53.4. The summed E-state index contributed by atoms with van der Waals surface area (Å²) >= 11 is 0.960. The van der Waals surface area contributed by atoms with E-state index < -0.39 is 39.4 Å². The van der Waals surface area contributed by atoms with E-state index in [2.05, 4.69) is 5.32 Å². The molecule has 28 heavy (non-hydrogen) atoms. The zero-order valence-electron chi connectivity index (χ0n) is 14.3. The predicted octanol–water partition coefficient (Wildman–Crippen LogP) is 3.06. The first-order valence-electron chi connectivity index (χ1n) is 8.02. The van der Waals surface area contributed by atoms with Crippen molar-refractivity contribution in [1.82, 2.24) is 4.31 Å². The second kappa shape index (κ2) is 6.35. The highest BCUT2D eigenvalue weighted by Crippen LogP contribution is 2.44. The molecule has 0 fully saturated rings. The van der Waals surface area contributed by atoms with Gasteiger partial charge in [-0.2, -0.15) is 0 Å². The lowest BCUT2D eigenvalue weighted by molar-refractivity contribution is -0.132. The summed E-state index contributed by atoms with van der Waals surface area (Å²) in [5.74, 6) is -5.16. The first kappa shape index (κ1) is 18.5. The summed E-state index contributed by atoms with van der Waals surface area (Å²) in [4.78, 5) is 25.6. The topological polar surface area (TPSA) is 83.6 Å². The van der Waals surface area contributed by atoms with Gasteiger partial charge in [0.25, 0.3) is 15.9 Å². The number of thiophene rings is 1. The molecule has 0 spiro atoms. The first-order chi connectivity index (χ1) is 13.2. The van der Waals surface area contributed by atoms with Crippen LogP contribution in [-0.4, -0.2) is 31.6 Å². The molecule has 1 N–H and O–H groups in total. The van der Waals surface area contributed by atoms with Gasteiger partial charge in [-0.25, -0.2) is 21.5 Å². The third-order valence-corrected chi connectivity index (χ3v) is 7.94. The molecule has 3 aromatic rings. The average Bonchev–Trinajstić information content (AvgIpc) is 3.03. The van der Waals surface area contributed by atoms with Gasteiger partial charge in [0.2, 0.25) is 5.91 Å². The predicted molar refractivity (Wildman–Crippen MR) is 99.5 cm³/mol. The van der Waals surface area contributed by atoms with Crippen molar-refractivity contribution in [2.24, 2.45) is 0 Å². The van der Waals surface area contributed by atoms with Crippen LogP contribution in [0.2, 0.25) is 0 Å². The highest BCUT2D eigenvalue weighted by Gasteiger charge is 2.47. The number of benzene rings is 2. The van der Waals surface area contributed by atoms with E-state index >= 15 is 0 Å². The van der Waals surface area contributed by atoms with Crippen LogP contribution in [0.3, 0.4) is 0 Å². The Labute approximate surface area is 162 Å². The van der Waals surface area contributed by atoms with Gasteiger partial charge in [0.05, 0.1) is 5.69 Å². The van der Waals surface area contributed by atoms with Crippen LogP contribution < -0.4 is 5.32 Å². The second-order valence-corrected chi connectivity index (χ2v) is 9.37. The van der Waals surface area contributed by atoms with Gasteiger partial charge in [0, 0.05) is 23.4 Å². The fourth-order valence-corrected chi connectivity index (χ4v) is 6.19. The van der Waals surface area contributed by atoms with E-state index in [0.29, 0.717) is 20.5 Å². The smallest absolute Gasteiger partial charge is 0.276 e. The number of fused-ring (bicyclic) bond motifs is 3. The molecule has 1 aromatic heterocycles. The van der Waals surface area contributed by atoms with Gasteiger partial charge in [0.1, 0.15) is 21.8 Å². The molecule has 10 heteroatoms. The molecule has 4 rings (SSSR count). The minimum atomic E-state index is -4.09. The molecule has 2 amide bonds. The van der Waals surface area contributed by atoms with Crippen LogP contribution in [0.25, 0.3) is 10.1 Å². The van der Waals surface area contributed by atoms with Crippen LogP contribution in [0.1, 0.15) is 11.5 Å². The summed E-state index contributed by atoms with van der Waals surface area (Å²) in [6, 6.07) is 9.28. The molecule has 2 aromatic carbocycles. The standard InChI is InChI=1S/C18H12F2N2O4S2/c1-22-17(24)15(16(23)21-12-7-6-9(19)8-11(12)20)14-10-4-2-3-5-13(10)27-18(14)28(22,25)26/h2-8,15H,1H3,(H,21,23). The first-order valence-corrected chi connectivity index (χ1v) is 10.3. The van der Waals surface area contributed by atoms with Crippen molar-refractivity contribution in [1.29, 1.82) is 0 Å². The van der Waals surface area contributed by atoms with Gasteiger partial charge in [-0.15, -0.1) is 11.3 Å². The van der Waals surface area contributed by atoms with Crippen molar-refractivity contribution in [3.05, 3.63) is 59.7 Å². The highest BCUT2D eigenvalue weighted by atomic mass is 32.2. The average molecular weight is 422 g/mol. The molecule has 0 radical (unpaired) electrons. The van der Waals surface area contributed by atoms with Gasteiger partial charge >= 0.3 is 0 Å². The summed E-state index contributed by atoms with van der Waals surface area (Å²) in [6.07, 6.45) is 0. The van der Waals surface area contributed by atoms with E-state index in [0.717, 1.165) is 30.5 Å². The van der Waals surface area contributed by atoms with Crippen molar-refractivity contribution in [2.45, 2.75) is 10.1 Å². The molecule has 1 unspecified atom stereocenters. The fraction of sp³-hybridized carbons (Fsp3) is 0.111. The number of carbonyl (C=O) groups excluding carboxylic acids is 2. The van der Waals surface area contributed by atoms with Crippen LogP contribution in [-0.2, 0) is 19.6 Å². The number of nitrogens with one attached hydrogen (secondary N) is 1. The number of rotatable bonds is 2. The quantitative estimate of drug-likeness (QED) is 0.644. The number of likely N-dealkylation sites (N-methyl/N-ethyl adjacent to an activating group) is 1. The Balaban J connectivity index is 1.87. The Hall–Kier alpha value is -2.85. The monoisotopic (exact) mass is 422 g/mol. The minimum Gasteiger partial charge on any atom is -0.323 e. The molecule has 1 aliphatic heterocycles. The second-order valence-electron chi connectivity index (χ2n) is 6.16. The van der Waals surface area contributed by atoms with Gasteiger partial charge in [-0.05, 0) is 23.6 Å². The number of nitrogens with zero attached hydrogens (tertiary/aromatic N) is 1. The molecule has 0 saturated carbocycles. The van der Waals surface area contributed by atoms with Crippen LogP contribution >= 0.6 is 11.3 Å². The van der Waals surface area contributed by atoms with Gasteiger partial charge < -0.3 is 5.32 Å². The molecule has 6 nitrogen and oxygen atoms in total. The molecule has 1 aliphatic rings. The van der Waals surface area contributed by atoms with Gasteiger partial charge in [-0.3, -0.25) is 9.59 Å². The molecule has 1 atom stereocenters. The normalized spacial score (nSPS) is 18.2. The molecule has 0 aliphatic carbocycles. The Morgan fingerprint density at radius 3 is 2.61 bits per heavy atom. The summed E-state index contributed by atoms with van der Waals surface area (Å²) in [5, 5.41) is 2.73. The molecular weight excluding hydrogens is 410 g/mol. The largest absolute Gasteiger partial charge is 0.323 e. The number of halogens is 2. The lowest BCUT2D eigenvalue weighted by atomic mass is 9.96. The summed E-state index contributed by atoms with van der Waals surface area (Å²) in [6.45, 7) is 0. The maximum atomic E-state index is 13.9. The number of hydrogen-bond donors (Lipinski definition) is 1. The van der Waals surface area contributed by atoms with Crippen molar-refractivity contribution >= 4 is 48.9 Å². The maximum Gasteiger partial charge on any atom is 0.276 e. The van der Waals surface area contributed by atoms with Crippen LogP contribution in [0, 0.1) is 11.6 Å². The Morgan fingerprint density at radius 2 is 1.89 bits per heavy atom. The Kier molecular flexibility index (Phi) is 4.20. The van der Waals surface area contributed by atoms with Gasteiger partial charge in [0.15, 0.2) is 0 Å². The Bertz CT molecular complexity index is 1250. The number of carbonyl (C=O) groups is 2. The van der Waals surface area contributed by atoms with Crippen LogP contribution in [0.4, 0.5) is 14.5 Å². The number of anilines is 1. The van der Waals surface area contributed by atoms with E-state index in [1.165, 1.54) is 0 Å².